The Morgan fingerprint density at radius 2 is 1.79 bits per heavy atom. The molecule has 0 amide bonds. The largest absolute Gasteiger partial charge is 0.353 e. The molecule has 0 radical (unpaired) electrons. The van der Waals surface area contributed by atoms with E-state index in [2.05, 4.69) is 40.4 Å². The standard InChI is InChI=1S/C17H18N2/c1-2-6-12(7-3-1)14-10-18-11-16-17(14)13-8-4-5-9-15(13)19-16/h4-5,8-12,19H,1-3,6-7H2. The van der Waals surface area contributed by atoms with Gasteiger partial charge in [-0.05, 0) is 30.4 Å². The van der Waals surface area contributed by atoms with Crippen molar-refractivity contribution in [1.29, 1.82) is 0 Å². The molecule has 0 spiro atoms. The Morgan fingerprint density at radius 1 is 0.947 bits per heavy atom. The molecular weight excluding hydrogens is 232 g/mol. The molecule has 1 N–H and O–H groups in total. The van der Waals surface area contributed by atoms with Crippen LogP contribution in [0.3, 0.4) is 0 Å². The Bertz CT molecular complexity index is 720. The molecule has 2 aromatic heterocycles. The normalized spacial score (nSPS) is 17.3. The zero-order chi connectivity index (χ0) is 12.7. The average molecular weight is 250 g/mol. The third-order valence-corrected chi connectivity index (χ3v) is 4.49. The molecule has 0 saturated heterocycles. The molecule has 3 aromatic rings. The summed E-state index contributed by atoms with van der Waals surface area (Å²) in [6.07, 6.45) is 10.8. The second-order valence-corrected chi connectivity index (χ2v) is 5.66. The number of pyridine rings is 1. The lowest BCUT2D eigenvalue weighted by Gasteiger charge is -2.22. The van der Waals surface area contributed by atoms with Crippen LogP contribution in [-0.4, -0.2) is 9.97 Å². The summed E-state index contributed by atoms with van der Waals surface area (Å²) in [5.41, 5.74) is 3.86. The summed E-state index contributed by atoms with van der Waals surface area (Å²) in [6, 6.07) is 8.59. The van der Waals surface area contributed by atoms with Crippen molar-refractivity contribution >= 4 is 21.8 Å². The molecule has 1 fully saturated rings. The van der Waals surface area contributed by atoms with Crippen LogP contribution < -0.4 is 0 Å². The van der Waals surface area contributed by atoms with Gasteiger partial charge in [0.05, 0.1) is 11.7 Å². The third kappa shape index (κ3) is 1.74. The predicted molar refractivity (Wildman–Crippen MR) is 79.4 cm³/mol. The Balaban J connectivity index is 1.98. The van der Waals surface area contributed by atoms with Crippen molar-refractivity contribution in [2.24, 2.45) is 0 Å². The highest BCUT2D eigenvalue weighted by atomic mass is 14.7. The van der Waals surface area contributed by atoms with Crippen molar-refractivity contribution in [3.05, 3.63) is 42.2 Å². The molecule has 1 aromatic carbocycles. The van der Waals surface area contributed by atoms with Gasteiger partial charge in [-0.25, -0.2) is 0 Å². The highest BCUT2D eigenvalue weighted by molar-refractivity contribution is 6.08. The molecule has 96 valence electrons. The maximum absolute atomic E-state index is 4.45. The molecule has 1 aliphatic rings. The van der Waals surface area contributed by atoms with Crippen LogP contribution in [0.15, 0.2) is 36.7 Å². The van der Waals surface area contributed by atoms with E-state index in [1.54, 1.807) is 0 Å². The number of aromatic nitrogens is 2. The fourth-order valence-corrected chi connectivity index (χ4v) is 3.55. The number of aromatic amines is 1. The van der Waals surface area contributed by atoms with Gasteiger partial charge in [0.15, 0.2) is 0 Å². The highest BCUT2D eigenvalue weighted by Gasteiger charge is 2.19. The lowest BCUT2D eigenvalue weighted by Crippen LogP contribution is -2.05. The van der Waals surface area contributed by atoms with Gasteiger partial charge in [-0.15, -0.1) is 0 Å². The number of nitrogens with zero attached hydrogens (tertiary/aromatic N) is 1. The van der Waals surface area contributed by atoms with Crippen LogP contribution in [0, 0.1) is 0 Å². The van der Waals surface area contributed by atoms with Crippen molar-refractivity contribution in [2.75, 3.05) is 0 Å². The van der Waals surface area contributed by atoms with Gasteiger partial charge in [-0.2, -0.15) is 0 Å². The van der Waals surface area contributed by atoms with Crippen molar-refractivity contribution in [2.45, 2.75) is 38.0 Å². The molecular formula is C17H18N2. The quantitative estimate of drug-likeness (QED) is 0.662. The minimum atomic E-state index is 0.698. The maximum Gasteiger partial charge on any atom is 0.0654 e. The summed E-state index contributed by atoms with van der Waals surface area (Å²) >= 11 is 0. The predicted octanol–water partition coefficient (Wildman–Crippen LogP) is 4.76. The first-order valence-electron chi connectivity index (χ1n) is 7.28. The van der Waals surface area contributed by atoms with Crippen LogP contribution in [0.4, 0.5) is 0 Å². The fraction of sp³-hybridized carbons (Fsp3) is 0.353. The maximum atomic E-state index is 4.45. The van der Waals surface area contributed by atoms with E-state index in [0.717, 1.165) is 0 Å². The smallest absolute Gasteiger partial charge is 0.0654 e. The molecule has 0 unspecified atom stereocenters. The first kappa shape index (κ1) is 11.0. The molecule has 1 aliphatic carbocycles. The second-order valence-electron chi connectivity index (χ2n) is 5.66. The Hall–Kier alpha value is -1.83. The van der Waals surface area contributed by atoms with E-state index in [-0.39, 0.29) is 0 Å². The number of rotatable bonds is 1. The number of hydrogen-bond acceptors (Lipinski definition) is 1. The second kappa shape index (κ2) is 4.37. The average Bonchev–Trinajstić information content (AvgIpc) is 2.86. The number of para-hydroxylation sites is 1. The van der Waals surface area contributed by atoms with E-state index < -0.39 is 0 Å². The van der Waals surface area contributed by atoms with Crippen LogP contribution in [-0.2, 0) is 0 Å². The van der Waals surface area contributed by atoms with Crippen molar-refractivity contribution in [3.63, 3.8) is 0 Å². The summed E-state index contributed by atoms with van der Waals surface area (Å²) < 4.78 is 0. The van der Waals surface area contributed by atoms with E-state index in [9.17, 15) is 0 Å². The van der Waals surface area contributed by atoms with Crippen molar-refractivity contribution in [1.82, 2.24) is 9.97 Å². The van der Waals surface area contributed by atoms with Gasteiger partial charge in [-0.3, -0.25) is 4.98 Å². The zero-order valence-corrected chi connectivity index (χ0v) is 11.0. The summed E-state index contributed by atoms with van der Waals surface area (Å²) in [7, 11) is 0. The van der Waals surface area contributed by atoms with Gasteiger partial charge < -0.3 is 4.98 Å². The summed E-state index contributed by atoms with van der Waals surface area (Å²) in [5, 5.41) is 2.75. The summed E-state index contributed by atoms with van der Waals surface area (Å²) in [4.78, 5) is 7.95. The molecule has 4 rings (SSSR count). The first-order valence-corrected chi connectivity index (χ1v) is 7.28. The van der Waals surface area contributed by atoms with Crippen LogP contribution in [0.1, 0.15) is 43.6 Å². The monoisotopic (exact) mass is 250 g/mol. The van der Waals surface area contributed by atoms with Gasteiger partial charge in [0, 0.05) is 22.5 Å². The molecule has 0 aliphatic heterocycles. The number of fused-ring (bicyclic) bond motifs is 3. The van der Waals surface area contributed by atoms with Crippen molar-refractivity contribution in [3.8, 4) is 0 Å². The number of benzene rings is 1. The van der Waals surface area contributed by atoms with E-state index >= 15 is 0 Å². The lowest BCUT2D eigenvalue weighted by atomic mass is 9.83. The summed E-state index contributed by atoms with van der Waals surface area (Å²) in [5.74, 6) is 0.698. The number of hydrogen-bond donors (Lipinski definition) is 1. The number of H-pyrrole nitrogens is 1. The molecule has 2 heterocycles. The highest BCUT2D eigenvalue weighted by Crippen LogP contribution is 2.38. The minimum Gasteiger partial charge on any atom is -0.353 e. The van der Waals surface area contributed by atoms with E-state index in [1.165, 1.54) is 59.5 Å². The SMILES string of the molecule is c1ccc2c(c1)[nH]c1cncc(C3CCCCC3)c12. The van der Waals surface area contributed by atoms with Crippen molar-refractivity contribution < 1.29 is 0 Å². The van der Waals surface area contributed by atoms with Crippen LogP contribution in [0.25, 0.3) is 21.8 Å². The minimum absolute atomic E-state index is 0.698. The van der Waals surface area contributed by atoms with Crippen LogP contribution in [0.2, 0.25) is 0 Å². The fourth-order valence-electron chi connectivity index (χ4n) is 3.55. The molecule has 2 nitrogen and oxygen atoms in total. The number of nitrogens with one attached hydrogen (secondary N) is 1. The third-order valence-electron chi connectivity index (χ3n) is 4.49. The zero-order valence-electron chi connectivity index (χ0n) is 11.0. The molecule has 19 heavy (non-hydrogen) atoms. The van der Waals surface area contributed by atoms with Crippen LogP contribution >= 0.6 is 0 Å². The van der Waals surface area contributed by atoms with Gasteiger partial charge in [0.25, 0.3) is 0 Å². The molecule has 2 heteroatoms. The molecule has 0 atom stereocenters. The lowest BCUT2D eigenvalue weighted by molar-refractivity contribution is 0.445. The molecule has 0 bridgehead atoms. The van der Waals surface area contributed by atoms with Gasteiger partial charge in [0.1, 0.15) is 0 Å². The molecule has 1 saturated carbocycles. The first-order chi connectivity index (χ1) is 9.43. The van der Waals surface area contributed by atoms with Gasteiger partial charge >= 0.3 is 0 Å². The summed E-state index contributed by atoms with van der Waals surface area (Å²) in [6.45, 7) is 0. The van der Waals surface area contributed by atoms with Gasteiger partial charge in [0.2, 0.25) is 0 Å². The van der Waals surface area contributed by atoms with Crippen LogP contribution in [0.5, 0.6) is 0 Å². The Morgan fingerprint density at radius 3 is 2.68 bits per heavy atom. The van der Waals surface area contributed by atoms with E-state index in [4.69, 9.17) is 0 Å². The Kier molecular flexibility index (Phi) is 2.54. The van der Waals surface area contributed by atoms with Gasteiger partial charge in [-0.1, -0.05) is 37.5 Å². The topological polar surface area (TPSA) is 28.7 Å². The Labute approximate surface area is 112 Å². The van der Waals surface area contributed by atoms with E-state index in [0.29, 0.717) is 5.92 Å². The van der Waals surface area contributed by atoms with E-state index in [1.807, 2.05) is 6.20 Å².